The normalized spacial score (nSPS) is 17.0. The molecule has 0 saturated carbocycles. The summed E-state index contributed by atoms with van der Waals surface area (Å²) in [6.07, 6.45) is -0.362. The highest BCUT2D eigenvalue weighted by Crippen LogP contribution is 2.08. The molecule has 0 atom stereocenters. The number of carbonyl (C=O) groups excluding carboxylic acids is 4. The molecule has 0 aromatic rings. The van der Waals surface area contributed by atoms with Crippen molar-refractivity contribution in [3.8, 4) is 0 Å². The van der Waals surface area contributed by atoms with E-state index in [1.807, 2.05) is 10.6 Å². The summed E-state index contributed by atoms with van der Waals surface area (Å²) < 4.78 is 4.58. The van der Waals surface area contributed by atoms with Crippen LogP contribution in [0.4, 0.5) is 4.79 Å². The summed E-state index contributed by atoms with van der Waals surface area (Å²) >= 11 is 0. The molecule has 1 rings (SSSR count). The van der Waals surface area contributed by atoms with Crippen LogP contribution in [0.1, 0.15) is 13.3 Å². The second-order valence-electron chi connectivity index (χ2n) is 2.87. The number of esters is 1. The molecule has 0 radical (unpaired) electrons. The van der Waals surface area contributed by atoms with Crippen molar-refractivity contribution in [1.82, 2.24) is 10.6 Å². The fourth-order valence-electron chi connectivity index (χ4n) is 1.12. The monoisotopic (exact) mass is 214 g/mol. The Morgan fingerprint density at radius 1 is 1.27 bits per heavy atom. The molecule has 1 fully saturated rings. The van der Waals surface area contributed by atoms with Crippen LogP contribution in [0.5, 0.6) is 0 Å². The zero-order valence-electron chi connectivity index (χ0n) is 8.03. The van der Waals surface area contributed by atoms with Gasteiger partial charge in [-0.3, -0.25) is 25.0 Å². The van der Waals surface area contributed by atoms with Crippen molar-refractivity contribution in [2.24, 2.45) is 5.92 Å². The van der Waals surface area contributed by atoms with E-state index in [2.05, 4.69) is 4.74 Å². The quantitative estimate of drug-likeness (QED) is 0.459. The average Bonchev–Trinajstić information content (AvgIpc) is 2.11. The van der Waals surface area contributed by atoms with Gasteiger partial charge in [0.15, 0.2) is 0 Å². The average molecular weight is 214 g/mol. The van der Waals surface area contributed by atoms with Gasteiger partial charge in [0.25, 0.3) is 0 Å². The number of hydrogen-bond acceptors (Lipinski definition) is 5. The van der Waals surface area contributed by atoms with E-state index in [1.165, 1.54) is 0 Å². The van der Waals surface area contributed by atoms with Crippen LogP contribution in [0.2, 0.25) is 0 Å². The summed E-state index contributed by atoms with van der Waals surface area (Å²) in [5.41, 5.74) is 0. The number of imide groups is 2. The molecule has 7 heteroatoms. The third-order valence-corrected chi connectivity index (χ3v) is 1.78. The highest BCUT2D eigenvalue weighted by atomic mass is 16.5. The summed E-state index contributed by atoms with van der Waals surface area (Å²) in [4.78, 5) is 44.0. The van der Waals surface area contributed by atoms with Crippen molar-refractivity contribution < 1.29 is 23.9 Å². The van der Waals surface area contributed by atoms with Gasteiger partial charge >= 0.3 is 12.0 Å². The van der Waals surface area contributed by atoms with Crippen LogP contribution < -0.4 is 10.6 Å². The third-order valence-electron chi connectivity index (χ3n) is 1.78. The molecular weight excluding hydrogens is 204 g/mol. The number of hydrogen-bond donors (Lipinski definition) is 2. The molecule has 0 bridgehead atoms. The van der Waals surface area contributed by atoms with Crippen molar-refractivity contribution in [3.05, 3.63) is 0 Å². The number of rotatable bonds is 3. The lowest BCUT2D eigenvalue weighted by atomic mass is 10.0. The Morgan fingerprint density at radius 2 is 1.80 bits per heavy atom. The molecule has 1 aliphatic rings. The van der Waals surface area contributed by atoms with Crippen molar-refractivity contribution in [1.29, 1.82) is 0 Å². The van der Waals surface area contributed by atoms with Crippen LogP contribution in [0.3, 0.4) is 0 Å². The fourth-order valence-corrected chi connectivity index (χ4v) is 1.12. The van der Waals surface area contributed by atoms with E-state index in [0.717, 1.165) is 0 Å². The number of ether oxygens (including phenoxy) is 1. The van der Waals surface area contributed by atoms with E-state index in [9.17, 15) is 19.2 Å². The van der Waals surface area contributed by atoms with Gasteiger partial charge in [-0.2, -0.15) is 0 Å². The Morgan fingerprint density at radius 3 is 2.27 bits per heavy atom. The standard InChI is InChI=1S/C8H10N2O5/c1-2-15-5(11)3-4-6(12)9-8(14)10-7(4)13/h4H,2-3H2,1H3,(H2,9,10,12,13,14). The fraction of sp³-hybridized carbons (Fsp3) is 0.500. The predicted octanol–water partition coefficient (Wildman–Crippen LogP) is -1.08. The lowest BCUT2D eigenvalue weighted by molar-refractivity contribution is -0.149. The van der Waals surface area contributed by atoms with E-state index < -0.39 is 29.7 Å². The minimum atomic E-state index is -1.19. The Balaban J connectivity index is 2.60. The van der Waals surface area contributed by atoms with Gasteiger partial charge in [0.05, 0.1) is 13.0 Å². The predicted molar refractivity (Wildman–Crippen MR) is 46.4 cm³/mol. The maximum atomic E-state index is 11.2. The van der Waals surface area contributed by atoms with Crippen LogP contribution in [-0.2, 0) is 19.1 Å². The zero-order valence-corrected chi connectivity index (χ0v) is 8.03. The maximum absolute atomic E-state index is 11.2. The molecule has 2 N–H and O–H groups in total. The van der Waals surface area contributed by atoms with Crippen LogP contribution in [-0.4, -0.2) is 30.4 Å². The maximum Gasteiger partial charge on any atom is 0.328 e. The van der Waals surface area contributed by atoms with E-state index in [-0.39, 0.29) is 13.0 Å². The first-order valence-electron chi connectivity index (χ1n) is 4.36. The van der Waals surface area contributed by atoms with Gasteiger partial charge in [0, 0.05) is 0 Å². The molecule has 7 nitrogen and oxygen atoms in total. The first-order chi connectivity index (χ1) is 7.04. The van der Waals surface area contributed by atoms with Crippen LogP contribution in [0.15, 0.2) is 0 Å². The van der Waals surface area contributed by atoms with Crippen molar-refractivity contribution in [2.75, 3.05) is 6.61 Å². The molecule has 0 unspecified atom stereocenters. The Kier molecular flexibility index (Phi) is 3.37. The lowest BCUT2D eigenvalue weighted by Gasteiger charge is -2.19. The van der Waals surface area contributed by atoms with Gasteiger partial charge < -0.3 is 4.74 Å². The van der Waals surface area contributed by atoms with Gasteiger partial charge in [-0.15, -0.1) is 0 Å². The van der Waals surface area contributed by atoms with Crippen molar-refractivity contribution in [3.63, 3.8) is 0 Å². The summed E-state index contributed by atoms with van der Waals surface area (Å²) in [5, 5.41) is 3.78. The SMILES string of the molecule is CCOC(=O)CC1C(=O)NC(=O)NC1=O. The Labute approximate surface area is 85.1 Å². The molecule has 0 aliphatic carbocycles. The molecule has 1 aliphatic heterocycles. The summed E-state index contributed by atoms with van der Waals surface area (Å²) in [5.74, 6) is -3.41. The number of amides is 4. The molecular formula is C8H10N2O5. The Hall–Kier alpha value is -1.92. The van der Waals surface area contributed by atoms with E-state index in [0.29, 0.717) is 0 Å². The molecule has 4 amide bonds. The first kappa shape index (κ1) is 11.2. The van der Waals surface area contributed by atoms with Crippen LogP contribution in [0, 0.1) is 5.92 Å². The number of carbonyl (C=O) groups is 4. The number of nitrogens with one attached hydrogen (secondary N) is 2. The smallest absolute Gasteiger partial charge is 0.328 e. The summed E-state index contributed by atoms with van der Waals surface area (Å²) in [7, 11) is 0. The zero-order chi connectivity index (χ0) is 11.4. The van der Waals surface area contributed by atoms with Gasteiger partial charge in [-0.05, 0) is 6.92 Å². The first-order valence-corrected chi connectivity index (χ1v) is 4.36. The topological polar surface area (TPSA) is 102 Å². The van der Waals surface area contributed by atoms with Crippen LogP contribution in [0.25, 0.3) is 0 Å². The summed E-state index contributed by atoms with van der Waals surface area (Å²) in [6, 6.07) is -0.870. The number of urea groups is 1. The van der Waals surface area contributed by atoms with Crippen LogP contribution >= 0.6 is 0 Å². The van der Waals surface area contributed by atoms with Gasteiger partial charge in [-0.25, -0.2) is 4.79 Å². The Bertz CT molecular complexity index is 305. The molecule has 0 aromatic carbocycles. The molecule has 15 heavy (non-hydrogen) atoms. The highest BCUT2D eigenvalue weighted by molar-refractivity contribution is 6.17. The minimum absolute atomic E-state index is 0.174. The second kappa shape index (κ2) is 4.54. The van der Waals surface area contributed by atoms with Gasteiger partial charge in [0.2, 0.25) is 11.8 Å². The molecule has 1 saturated heterocycles. The lowest BCUT2D eigenvalue weighted by Crippen LogP contribution is -2.56. The minimum Gasteiger partial charge on any atom is -0.466 e. The highest BCUT2D eigenvalue weighted by Gasteiger charge is 2.35. The largest absolute Gasteiger partial charge is 0.466 e. The van der Waals surface area contributed by atoms with Gasteiger partial charge in [-0.1, -0.05) is 0 Å². The van der Waals surface area contributed by atoms with Crippen molar-refractivity contribution >= 4 is 23.8 Å². The molecule has 0 spiro atoms. The molecule has 0 aromatic heterocycles. The van der Waals surface area contributed by atoms with E-state index >= 15 is 0 Å². The van der Waals surface area contributed by atoms with E-state index in [1.54, 1.807) is 6.92 Å². The second-order valence-corrected chi connectivity index (χ2v) is 2.87. The molecule has 82 valence electrons. The third kappa shape index (κ3) is 2.76. The van der Waals surface area contributed by atoms with Crippen molar-refractivity contribution in [2.45, 2.75) is 13.3 Å². The van der Waals surface area contributed by atoms with E-state index in [4.69, 9.17) is 0 Å². The van der Waals surface area contributed by atoms with Gasteiger partial charge in [0.1, 0.15) is 5.92 Å². The molecule has 1 heterocycles. The number of barbiturate groups is 1. The summed E-state index contributed by atoms with van der Waals surface area (Å²) in [6.45, 7) is 1.79.